The van der Waals surface area contributed by atoms with Crippen LogP contribution in [-0.4, -0.2) is 24.6 Å². The Kier molecular flexibility index (Phi) is 2.60. The van der Waals surface area contributed by atoms with E-state index in [1.807, 2.05) is 0 Å². The van der Waals surface area contributed by atoms with Crippen molar-refractivity contribution in [3.05, 3.63) is 17.6 Å². The number of aromatic nitrogens is 2. The predicted octanol–water partition coefficient (Wildman–Crippen LogP) is 0.658. The third-order valence-electron chi connectivity index (χ3n) is 1.44. The van der Waals surface area contributed by atoms with E-state index in [-0.39, 0.29) is 10.6 Å². The van der Waals surface area contributed by atoms with Crippen molar-refractivity contribution < 1.29 is 12.8 Å². The summed E-state index contributed by atoms with van der Waals surface area (Å²) in [6.45, 7) is 0.680. The van der Waals surface area contributed by atoms with Gasteiger partial charge >= 0.3 is 0 Å². The fourth-order valence-corrected chi connectivity index (χ4v) is 1.77. The lowest BCUT2D eigenvalue weighted by atomic mass is 10.4. The quantitative estimate of drug-likeness (QED) is 0.664. The maximum Gasteiger partial charge on any atom is 0.193 e. The van der Waals surface area contributed by atoms with Crippen LogP contribution >= 0.6 is 0 Å². The number of sulfone groups is 1. The standard InChI is InChI=1S/C7H9FN2O2S/c1-5-9-4-6(3-8)7(10-5)13(2,11)12/h4H,3H2,1-2H3. The average Bonchev–Trinajstić information content (AvgIpc) is 2.03. The lowest BCUT2D eigenvalue weighted by Gasteiger charge is -2.02. The van der Waals surface area contributed by atoms with E-state index in [1.165, 1.54) is 6.20 Å². The third-order valence-corrected chi connectivity index (χ3v) is 2.50. The second kappa shape index (κ2) is 3.37. The summed E-state index contributed by atoms with van der Waals surface area (Å²) in [6.07, 6.45) is 2.19. The van der Waals surface area contributed by atoms with Gasteiger partial charge in [-0.05, 0) is 6.92 Å². The van der Waals surface area contributed by atoms with E-state index in [4.69, 9.17) is 0 Å². The number of aryl methyl sites for hydroxylation is 1. The first-order chi connectivity index (χ1) is 5.95. The smallest absolute Gasteiger partial charge is 0.193 e. The molecule has 0 fully saturated rings. The van der Waals surface area contributed by atoms with E-state index in [1.54, 1.807) is 6.92 Å². The van der Waals surface area contributed by atoms with Gasteiger partial charge in [0.15, 0.2) is 14.9 Å². The molecule has 1 aromatic heterocycles. The number of alkyl halides is 1. The SMILES string of the molecule is Cc1ncc(CF)c(S(C)(=O)=O)n1. The molecule has 1 aromatic rings. The third kappa shape index (κ3) is 2.21. The highest BCUT2D eigenvalue weighted by atomic mass is 32.2. The van der Waals surface area contributed by atoms with Crippen LogP contribution < -0.4 is 0 Å². The topological polar surface area (TPSA) is 59.9 Å². The highest BCUT2D eigenvalue weighted by Gasteiger charge is 2.15. The Bertz CT molecular complexity index is 417. The molecule has 0 unspecified atom stereocenters. The zero-order valence-electron chi connectivity index (χ0n) is 7.28. The van der Waals surface area contributed by atoms with Crippen molar-refractivity contribution in [2.24, 2.45) is 0 Å². The van der Waals surface area contributed by atoms with Crippen LogP contribution in [0.1, 0.15) is 11.4 Å². The van der Waals surface area contributed by atoms with E-state index in [9.17, 15) is 12.8 Å². The highest BCUT2D eigenvalue weighted by Crippen LogP contribution is 2.12. The molecule has 72 valence electrons. The molecule has 1 rings (SSSR count). The van der Waals surface area contributed by atoms with E-state index in [2.05, 4.69) is 9.97 Å². The van der Waals surface area contributed by atoms with Crippen molar-refractivity contribution in [1.29, 1.82) is 0 Å². The van der Waals surface area contributed by atoms with Crippen LogP contribution in [0.5, 0.6) is 0 Å². The van der Waals surface area contributed by atoms with Gasteiger partial charge in [-0.1, -0.05) is 0 Å². The Labute approximate surface area is 75.8 Å². The molecule has 0 N–H and O–H groups in total. The monoisotopic (exact) mass is 204 g/mol. The van der Waals surface area contributed by atoms with Crippen molar-refractivity contribution >= 4 is 9.84 Å². The van der Waals surface area contributed by atoms with Crippen LogP contribution in [0.3, 0.4) is 0 Å². The first-order valence-corrected chi connectivity index (χ1v) is 5.43. The van der Waals surface area contributed by atoms with Gasteiger partial charge in [-0.25, -0.2) is 22.8 Å². The van der Waals surface area contributed by atoms with Crippen LogP contribution in [0.15, 0.2) is 11.2 Å². The maximum atomic E-state index is 12.3. The lowest BCUT2D eigenvalue weighted by Crippen LogP contribution is -2.07. The highest BCUT2D eigenvalue weighted by molar-refractivity contribution is 7.90. The van der Waals surface area contributed by atoms with Crippen LogP contribution in [0.25, 0.3) is 0 Å². The number of hydrogen-bond acceptors (Lipinski definition) is 4. The van der Waals surface area contributed by atoms with Gasteiger partial charge in [0.2, 0.25) is 0 Å². The van der Waals surface area contributed by atoms with Gasteiger partial charge in [0.05, 0.1) is 0 Å². The first kappa shape index (κ1) is 10.0. The molecule has 0 amide bonds. The maximum absolute atomic E-state index is 12.3. The lowest BCUT2D eigenvalue weighted by molar-refractivity contribution is 0.472. The minimum absolute atomic E-state index is 0.00750. The number of nitrogens with zero attached hydrogens (tertiary/aromatic N) is 2. The van der Waals surface area contributed by atoms with Crippen LogP contribution in [-0.2, 0) is 16.5 Å². The summed E-state index contributed by atoms with van der Waals surface area (Å²) < 4.78 is 34.5. The van der Waals surface area contributed by atoms with Gasteiger partial charge in [0.25, 0.3) is 0 Å². The summed E-state index contributed by atoms with van der Waals surface area (Å²) in [4.78, 5) is 7.38. The van der Waals surface area contributed by atoms with Crippen molar-refractivity contribution in [3.63, 3.8) is 0 Å². The molecule has 0 spiro atoms. The fraction of sp³-hybridized carbons (Fsp3) is 0.429. The van der Waals surface area contributed by atoms with Crippen LogP contribution in [0, 0.1) is 6.92 Å². The van der Waals surface area contributed by atoms with Gasteiger partial charge < -0.3 is 0 Å². The summed E-state index contributed by atoms with van der Waals surface area (Å²) in [7, 11) is -3.46. The summed E-state index contributed by atoms with van der Waals surface area (Å²) in [5.41, 5.74) is 0.00750. The minimum atomic E-state index is -3.46. The van der Waals surface area contributed by atoms with Gasteiger partial charge in [0, 0.05) is 18.0 Å². The molecular formula is C7H9FN2O2S. The molecular weight excluding hydrogens is 195 g/mol. The summed E-state index contributed by atoms with van der Waals surface area (Å²) >= 11 is 0. The van der Waals surface area contributed by atoms with Crippen LogP contribution in [0.2, 0.25) is 0 Å². The summed E-state index contributed by atoms with van der Waals surface area (Å²) in [6, 6.07) is 0. The average molecular weight is 204 g/mol. The molecule has 1 heterocycles. The van der Waals surface area contributed by atoms with Gasteiger partial charge in [0.1, 0.15) is 12.5 Å². The number of rotatable bonds is 2. The molecule has 4 nitrogen and oxygen atoms in total. The fourth-order valence-electron chi connectivity index (χ4n) is 0.887. The molecule has 13 heavy (non-hydrogen) atoms. The first-order valence-electron chi connectivity index (χ1n) is 3.53. The minimum Gasteiger partial charge on any atom is -0.246 e. The molecule has 0 bridgehead atoms. The molecule has 0 aliphatic carbocycles. The van der Waals surface area contributed by atoms with Crippen molar-refractivity contribution in [1.82, 2.24) is 9.97 Å². The summed E-state index contributed by atoms with van der Waals surface area (Å²) in [5, 5.41) is -0.220. The molecule has 0 aliphatic rings. The van der Waals surface area contributed by atoms with E-state index >= 15 is 0 Å². The van der Waals surface area contributed by atoms with Crippen molar-refractivity contribution in [3.8, 4) is 0 Å². The molecule has 0 atom stereocenters. The predicted molar refractivity (Wildman–Crippen MR) is 44.7 cm³/mol. The summed E-state index contributed by atoms with van der Waals surface area (Å²) in [5.74, 6) is 0.317. The Balaban J connectivity index is 3.41. The Hall–Kier alpha value is -1.04. The molecule has 0 aromatic carbocycles. The largest absolute Gasteiger partial charge is 0.246 e. The normalized spacial score (nSPS) is 11.6. The molecule has 0 saturated heterocycles. The Morgan fingerprint density at radius 3 is 2.62 bits per heavy atom. The van der Waals surface area contributed by atoms with Crippen LogP contribution in [0.4, 0.5) is 4.39 Å². The zero-order chi connectivity index (χ0) is 10.1. The van der Waals surface area contributed by atoms with E-state index in [0.29, 0.717) is 5.82 Å². The Morgan fingerprint density at radius 1 is 1.54 bits per heavy atom. The Morgan fingerprint density at radius 2 is 2.15 bits per heavy atom. The second-order valence-electron chi connectivity index (χ2n) is 2.65. The molecule has 0 radical (unpaired) electrons. The van der Waals surface area contributed by atoms with Gasteiger partial charge in [-0.2, -0.15) is 0 Å². The molecule has 6 heteroatoms. The van der Waals surface area contributed by atoms with Gasteiger partial charge in [-0.15, -0.1) is 0 Å². The number of halogens is 1. The molecule has 0 aliphatic heterocycles. The van der Waals surface area contributed by atoms with Gasteiger partial charge in [-0.3, -0.25) is 0 Å². The molecule has 0 saturated carbocycles. The van der Waals surface area contributed by atoms with E-state index < -0.39 is 16.5 Å². The zero-order valence-corrected chi connectivity index (χ0v) is 8.10. The second-order valence-corrected chi connectivity index (χ2v) is 4.58. The number of hydrogen-bond donors (Lipinski definition) is 0. The van der Waals surface area contributed by atoms with Crippen molar-refractivity contribution in [2.45, 2.75) is 18.6 Å². The van der Waals surface area contributed by atoms with Crippen molar-refractivity contribution in [2.75, 3.05) is 6.26 Å². The van der Waals surface area contributed by atoms with E-state index in [0.717, 1.165) is 6.26 Å².